The van der Waals surface area contributed by atoms with Crippen molar-refractivity contribution in [2.45, 2.75) is 6.54 Å². The Morgan fingerprint density at radius 2 is 2.33 bits per heavy atom. The molecular weight excluding hydrogens is 258 g/mol. The van der Waals surface area contributed by atoms with Crippen LogP contribution in [0, 0.1) is 0 Å². The Hall–Kier alpha value is -1.00. The minimum Gasteiger partial charge on any atom is -0.504 e. The van der Waals surface area contributed by atoms with Gasteiger partial charge in [0.15, 0.2) is 11.5 Å². The summed E-state index contributed by atoms with van der Waals surface area (Å²) in [6.45, 7) is 5.14. The Morgan fingerprint density at radius 3 is 2.93 bits per heavy atom. The standard InChI is InChI=1S/C11H14BrNO2/c1-8(12)6-13-7-9-3-4-10(14)11(5-9)15-2/h3-5,13-14H,1,6-7H2,2H3. The lowest BCUT2D eigenvalue weighted by atomic mass is 10.2. The number of aromatic hydroxyl groups is 1. The van der Waals surface area contributed by atoms with E-state index in [1.807, 2.05) is 6.07 Å². The van der Waals surface area contributed by atoms with Crippen LogP contribution in [0.3, 0.4) is 0 Å². The number of methoxy groups -OCH3 is 1. The van der Waals surface area contributed by atoms with Crippen molar-refractivity contribution in [1.29, 1.82) is 0 Å². The molecule has 1 aromatic carbocycles. The predicted octanol–water partition coefficient (Wildman–Crippen LogP) is 2.40. The quantitative estimate of drug-likeness (QED) is 0.864. The van der Waals surface area contributed by atoms with Crippen LogP contribution in [0.5, 0.6) is 11.5 Å². The summed E-state index contributed by atoms with van der Waals surface area (Å²) in [5, 5.41) is 12.6. The fraction of sp³-hybridized carbons (Fsp3) is 0.273. The third-order valence-electron chi connectivity index (χ3n) is 1.89. The summed E-state index contributed by atoms with van der Waals surface area (Å²) >= 11 is 3.27. The fourth-order valence-corrected chi connectivity index (χ4v) is 1.37. The molecular formula is C11H14BrNO2. The van der Waals surface area contributed by atoms with Gasteiger partial charge in [0, 0.05) is 17.6 Å². The van der Waals surface area contributed by atoms with E-state index in [2.05, 4.69) is 27.8 Å². The lowest BCUT2D eigenvalue weighted by molar-refractivity contribution is 0.373. The first-order chi connectivity index (χ1) is 7.13. The van der Waals surface area contributed by atoms with Gasteiger partial charge in [0.05, 0.1) is 7.11 Å². The van der Waals surface area contributed by atoms with E-state index < -0.39 is 0 Å². The number of nitrogens with one attached hydrogen (secondary N) is 1. The van der Waals surface area contributed by atoms with E-state index in [1.165, 1.54) is 7.11 Å². The molecule has 0 radical (unpaired) electrons. The van der Waals surface area contributed by atoms with Crippen molar-refractivity contribution in [3.05, 3.63) is 34.8 Å². The van der Waals surface area contributed by atoms with Gasteiger partial charge in [-0.15, -0.1) is 0 Å². The summed E-state index contributed by atoms with van der Waals surface area (Å²) in [5.74, 6) is 0.651. The first-order valence-corrected chi connectivity index (χ1v) is 5.32. The molecule has 0 atom stereocenters. The Kier molecular flexibility index (Phi) is 4.65. The SMILES string of the molecule is C=C(Br)CNCc1ccc(O)c(OC)c1. The van der Waals surface area contributed by atoms with Crippen molar-refractivity contribution >= 4 is 15.9 Å². The zero-order valence-corrected chi connectivity index (χ0v) is 10.2. The summed E-state index contributed by atoms with van der Waals surface area (Å²) in [7, 11) is 1.53. The van der Waals surface area contributed by atoms with E-state index >= 15 is 0 Å². The minimum absolute atomic E-state index is 0.158. The normalized spacial score (nSPS) is 10.0. The number of halogens is 1. The molecule has 0 saturated carbocycles. The monoisotopic (exact) mass is 271 g/mol. The van der Waals surface area contributed by atoms with E-state index in [4.69, 9.17) is 4.74 Å². The molecule has 0 spiro atoms. The predicted molar refractivity (Wildman–Crippen MR) is 64.4 cm³/mol. The van der Waals surface area contributed by atoms with Crippen LogP contribution in [0.1, 0.15) is 5.56 Å². The Morgan fingerprint density at radius 1 is 1.60 bits per heavy atom. The molecule has 0 amide bonds. The van der Waals surface area contributed by atoms with Gasteiger partial charge >= 0.3 is 0 Å². The maximum absolute atomic E-state index is 9.38. The maximum atomic E-state index is 9.38. The van der Waals surface area contributed by atoms with Crippen molar-refractivity contribution in [1.82, 2.24) is 5.32 Å². The average Bonchev–Trinajstić information content (AvgIpc) is 2.20. The van der Waals surface area contributed by atoms with Crippen molar-refractivity contribution in [3.8, 4) is 11.5 Å². The first kappa shape index (κ1) is 12.1. The number of phenolic OH excluding ortho intramolecular Hbond substituents is 1. The molecule has 3 nitrogen and oxygen atoms in total. The van der Waals surface area contributed by atoms with Gasteiger partial charge in [-0.1, -0.05) is 28.6 Å². The van der Waals surface area contributed by atoms with Gasteiger partial charge in [0.2, 0.25) is 0 Å². The molecule has 1 aromatic rings. The van der Waals surface area contributed by atoms with Gasteiger partial charge in [-0.2, -0.15) is 0 Å². The van der Waals surface area contributed by atoms with Crippen LogP contribution >= 0.6 is 15.9 Å². The largest absolute Gasteiger partial charge is 0.504 e. The third-order valence-corrected chi connectivity index (χ3v) is 2.17. The summed E-state index contributed by atoms with van der Waals surface area (Å²) < 4.78 is 5.92. The molecule has 0 aliphatic rings. The molecule has 0 heterocycles. The molecule has 0 bridgehead atoms. The number of rotatable bonds is 5. The molecule has 0 saturated heterocycles. The van der Waals surface area contributed by atoms with Crippen LogP contribution in [0.4, 0.5) is 0 Å². The van der Waals surface area contributed by atoms with Crippen LogP contribution in [-0.2, 0) is 6.54 Å². The van der Waals surface area contributed by atoms with E-state index in [0.717, 1.165) is 10.0 Å². The molecule has 0 aromatic heterocycles. The van der Waals surface area contributed by atoms with Crippen molar-refractivity contribution < 1.29 is 9.84 Å². The summed E-state index contributed by atoms with van der Waals surface area (Å²) in [4.78, 5) is 0. The summed E-state index contributed by atoms with van der Waals surface area (Å²) in [6.07, 6.45) is 0. The van der Waals surface area contributed by atoms with Crippen molar-refractivity contribution in [3.63, 3.8) is 0 Å². The number of ether oxygens (including phenoxy) is 1. The Balaban J connectivity index is 2.58. The first-order valence-electron chi connectivity index (χ1n) is 4.53. The second-order valence-electron chi connectivity index (χ2n) is 3.13. The van der Waals surface area contributed by atoms with Crippen molar-refractivity contribution in [2.75, 3.05) is 13.7 Å². The van der Waals surface area contributed by atoms with E-state index in [0.29, 0.717) is 18.8 Å². The molecule has 0 aliphatic heterocycles. The average molecular weight is 272 g/mol. The molecule has 82 valence electrons. The highest BCUT2D eigenvalue weighted by Crippen LogP contribution is 2.26. The zero-order chi connectivity index (χ0) is 11.3. The topological polar surface area (TPSA) is 41.5 Å². The number of hydrogen-bond donors (Lipinski definition) is 2. The van der Waals surface area contributed by atoms with Crippen LogP contribution in [-0.4, -0.2) is 18.8 Å². The smallest absolute Gasteiger partial charge is 0.160 e. The van der Waals surface area contributed by atoms with Gasteiger partial charge in [-0.05, 0) is 17.7 Å². The summed E-state index contributed by atoms with van der Waals surface area (Å²) in [6, 6.07) is 5.28. The van der Waals surface area contributed by atoms with Gasteiger partial charge in [0.25, 0.3) is 0 Å². The Bertz CT molecular complexity index is 352. The third kappa shape index (κ3) is 3.93. The van der Waals surface area contributed by atoms with Crippen LogP contribution < -0.4 is 10.1 Å². The highest BCUT2D eigenvalue weighted by Gasteiger charge is 2.01. The number of benzene rings is 1. The van der Waals surface area contributed by atoms with Gasteiger partial charge in [0.1, 0.15) is 0 Å². The molecule has 1 rings (SSSR count). The highest BCUT2D eigenvalue weighted by molar-refractivity contribution is 9.11. The minimum atomic E-state index is 0.158. The van der Waals surface area contributed by atoms with Gasteiger partial charge < -0.3 is 15.2 Å². The van der Waals surface area contributed by atoms with E-state index in [1.54, 1.807) is 12.1 Å². The summed E-state index contributed by atoms with van der Waals surface area (Å²) in [5.41, 5.74) is 1.05. The van der Waals surface area contributed by atoms with Gasteiger partial charge in [-0.25, -0.2) is 0 Å². The fourth-order valence-electron chi connectivity index (χ4n) is 1.17. The zero-order valence-electron chi connectivity index (χ0n) is 8.59. The second kappa shape index (κ2) is 5.78. The van der Waals surface area contributed by atoms with Crippen LogP contribution in [0.15, 0.2) is 29.3 Å². The lowest BCUT2D eigenvalue weighted by Crippen LogP contribution is -2.14. The van der Waals surface area contributed by atoms with E-state index in [-0.39, 0.29) is 5.75 Å². The van der Waals surface area contributed by atoms with Crippen LogP contribution in [0.25, 0.3) is 0 Å². The van der Waals surface area contributed by atoms with Crippen molar-refractivity contribution in [2.24, 2.45) is 0 Å². The molecule has 0 unspecified atom stereocenters. The maximum Gasteiger partial charge on any atom is 0.160 e. The molecule has 0 fully saturated rings. The lowest BCUT2D eigenvalue weighted by Gasteiger charge is -2.07. The van der Waals surface area contributed by atoms with Crippen LogP contribution in [0.2, 0.25) is 0 Å². The van der Waals surface area contributed by atoms with E-state index in [9.17, 15) is 5.11 Å². The van der Waals surface area contributed by atoms with Gasteiger partial charge in [-0.3, -0.25) is 0 Å². The number of hydrogen-bond acceptors (Lipinski definition) is 3. The molecule has 15 heavy (non-hydrogen) atoms. The highest BCUT2D eigenvalue weighted by atomic mass is 79.9. The molecule has 0 aliphatic carbocycles. The second-order valence-corrected chi connectivity index (χ2v) is 4.25. The number of phenols is 1. The molecule has 4 heteroatoms. The Labute approximate surface area is 97.9 Å². The molecule has 2 N–H and O–H groups in total.